The molecule has 3 rings (SSSR count). The molecule has 29 heavy (non-hydrogen) atoms. The summed E-state index contributed by atoms with van der Waals surface area (Å²) in [6.45, 7) is 1.69. The Morgan fingerprint density at radius 2 is 1.10 bits per heavy atom. The largest absolute Gasteiger partial charge is 0.573 e. The highest BCUT2D eigenvalue weighted by Gasteiger charge is 2.31. The van der Waals surface area contributed by atoms with E-state index in [1.54, 1.807) is 13.0 Å². The van der Waals surface area contributed by atoms with Crippen LogP contribution < -0.4 is 9.47 Å². The molecule has 0 unspecified atom stereocenters. The van der Waals surface area contributed by atoms with Crippen LogP contribution in [0.2, 0.25) is 0 Å². The third-order valence-electron chi connectivity index (χ3n) is 3.58. The van der Waals surface area contributed by atoms with Crippen LogP contribution in [0.25, 0.3) is 22.6 Å². The molecule has 1 heterocycles. The van der Waals surface area contributed by atoms with Crippen molar-refractivity contribution in [2.45, 2.75) is 19.6 Å². The van der Waals surface area contributed by atoms with Gasteiger partial charge in [-0.3, -0.25) is 0 Å². The number of nitrogens with zero attached hydrogens (tertiary/aromatic N) is 2. The summed E-state index contributed by atoms with van der Waals surface area (Å²) in [5, 5.41) is 0. The van der Waals surface area contributed by atoms with Crippen LogP contribution >= 0.6 is 0 Å². The average Bonchev–Trinajstić information content (AvgIpc) is 2.60. The minimum atomic E-state index is -4.80. The lowest BCUT2D eigenvalue weighted by Gasteiger charge is -2.11. The second-order valence-electron chi connectivity index (χ2n) is 5.86. The predicted molar refractivity (Wildman–Crippen MR) is 91.0 cm³/mol. The molecule has 0 atom stereocenters. The van der Waals surface area contributed by atoms with E-state index in [-0.39, 0.29) is 17.3 Å². The molecule has 0 spiro atoms. The first-order valence-electron chi connectivity index (χ1n) is 8.06. The molecule has 2 aromatic carbocycles. The van der Waals surface area contributed by atoms with Gasteiger partial charge < -0.3 is 9.47 Å². The molecule has 0 bridgehead atoms. The van der Waals surface area contributed by atoms with Crippen LogP contribution in [-0.2, 0) is 0 Å². The fraction of sp³-hybridized carbons (Fsp3) is 0.158. The fourth-order valence-electron chi connectivity index (χ4n) is 2.48. The molecule has 0 saturated heterocycles. The van der Waals surface area contributed by atoms with Gasteiger partial charge in [-0.1, -0.05) is 0 Å². The van der Waals surface area contributed by atoms with Crippen molar-refractivity contribution in [2.24, 2.45) is 0 Å². The van der Waals surface area contributed by atoms with Crippen molar-refractivity contribution in [3.8, 4) is 34.1 Å². The quantitative estimate of drug-likeness (QED) is 0.498. The van der Waals surface area contributed by atoms with E-state index in [4.69, 9.17) is 0 Å². The maximum absolute atomic E-state index is 12.3. The van der Waals surface area contributed by atoms with Gasteiger partial charge in [0.25, 0.3) is 0 Å². The Hall–Kier alpha value is -3.30. The monoisotopic (exact) mass is 414 g/mol. The second-order valence-corrected chi connectivity index (χ2v) is 5.86. The van der Waals surface area contributed by atoms with Gasteiger partial charge in [0, 0.05) is 16.8 Å². The van der Waals surface area contributed by atoms with Crippen LogP contribution in [0, 0.1) is 6.92 Å². The first-order valence-corrected chi connectivity index (χ1v) is 8.06. The maximum Gasteiger partial charge on any atom is 0.573 e. The smallest absolute Gasteiger partial charge is 0.406 e. The van der Waals surface area contributed by atoms with Gasteiger partial charge in [-0.05, 0) is 61.5 Å². The van der Waals surface area contributed by atoms with Gasteiger partial charge in [-0.2, -0.15) is 0 Å². The summed E-state index contributed by atoms with van der Waals surface area (Å²) in [7, 11) is 0. The molecule has 0 aliphatic heterocycles. The van der Waals surface area contributed by atoms with Gasteiger partial charge >= 0.3 is 12.7 Å². The minimum absolute atomic E-state index is 0.245. The zero-order valence-corrected chi connectivity index (χ0v) is 14.7. The molecule has 0 radical (unpaired) electrons. The van der Waals surface area contributed by atoms with Crippen molar-refractivity contribution in [1.82, 2.24) is 9.97 Å². The van der Waals surface area contributed by atoms with E-state index >= 15 is 0 Å². The number of aryl methyl sites for hydroxylation is 1. The van der Waals surface area contributed by atoms with E-state index < -0.39 is 12.7 Å². The Bertz CT molecular complexity index is 906. The molecule has 0 fully saturated rings. The number of hydrogen-bond donors (Lipinski definition) is 0. The molecule has 152 valence electrons. The Morgan fingerprint density at radius 3 is 1.55 bits per heavy atom. The summed E-state index contributed by atoms with van der Waals surface area (Å²) in [5.74, 6) is -0.504. The van der Waals surface area contributed by atoms with Gasteiger partial charge in [-0.15, -0.1) is 26.3 Å². The van der Waals surface area contributed by atoms with Gasteiger partial charge in [-0.25, -0.2) is 9.97 Å². The van der Waals surface area contributed by atoms with Crippen LogP contribution in [0.3, 0.4) is 0 Å². The van der Waals surface area contributed by atoms with Crippen molar-refractivity contribution in [1.29, 1.82) is 0 Å². The number of ether oxygens (including phenoxy) is 2. The summed E-state index contributed by atoms with van der Waals surface area (Å²) in [6, 6.07) is 11.8. The highest BCUT2D eigenvalue weighted by atomic mass is 19.4. The Morgan fingerprint density at radius 1 is 0.655 bits per heavy atom. The standard InChI is InChI=1S/C19H12F6N2O2/c1-11-10-16(12-2-6-14(7-3-12)28-18(20,21)22)27-17(26-11)13-4-8-15(9-5-13)29-19(23,24)25/h2-10H,1H3. The number of rotatable bonds is 4. The summed E-state index contributed by atoms with van der Waals surface area (Å²) in [4.78, 5) is 8.60. The van der Waals surface area contributed by atoms with E-state index in [2.05, 4.69) is 19.4 Å². The van der Waals surface area contributed by atoms with Crippen LogP contribution in [0.15, 0.2) is 54.6 Å². The molecular weight excluding hydrogens is 402 g/mol. The fourth-order valence-corrected chi connectivity index (χ4v) is 2.48. The predicted octanol–water partition coefficient (Wildman–Crippen LogP) is 5.92. The molecule has 0 saturated carbocycles. The SMILES string of the molecule is Cc1cc(-c2ccc(OC(F)(F)F)cc2)nc(-c2ccc(OC(F)(F)F)cc2)n1. The van der Waals surface area contributed by atoms with Gasteiger partial charge in [0.2, 0.25) is 0 Å². The lowest BCUT2D eigenvalue weighted by atomic mass is 10.1. The molecular formula is C19H12F6N2O2. The molecule has 10 heteroatoms. The maximum atomic E-state index is 12.3. The van der Waals surface area contributed by atoms with E-state index in [9.17, 15) is 26.3 Å². The van der Waals surface area contributed by atoms with Crippen molar-refractivity contribution < 1.29 is 35.8 Å². The highest BCUT2D eigenvalue weighted by molar-refractivity contribution is 5.65. The molecule has 0 N–H and O–H groups in total. The van der Waals surface area contributed by atoms with E-state index in [0.717, 1.165) is 24.3 Å². The van der Waals surface area contributed by atoms with Crippen molar-refractivity contribution >= 4 is 0 Å². The lowest BCUT2D eigenvalue weighted by Crippen LogP contribution is -2.16. The molecule has 4 nitrogen and oxygen atoms in total. The zero-order valence-electron chi connectivity index (χ0n) is 14.7. The van der Waals surface area contributed by atoms with Gasteiger partial charge in [0.15, 0.2) is 5.82 Å². The van der Waals surface area contributed by atoms with Crippen LogP contribution in [-0.4, -0.2) is 22.7 Å². The Kier molecular flexibility index (Phi) is 5.36. The summed E-state index contributed by atoms with van der Waals surface area (Å²) < 4.78 is 81.2. The number of benzene rings is 2. The Balaban J connectivity index is 1.86. The van der Waals surface area contributed by atoms with Crippen LogP contribution in [0.1, 0.15) is 5.69 Å². The number of alkyl halides is 6. The molecule has 0 amide bonds. The summed E-state index contributed by atoms with van der Waals surface area (Å²) in [5.41, 5.74) is 1.96. The molecule has 1 aromatic heterocycles. The third kappa shape index (κ3) is 5.84. The van der Waals surface area contributed by atoms with Gasteiger partial charge in [0.1, 0.15) is 11.5 Å². The second kappa shape index (κ2) is 7.61. The number of aromatic nitrogens is 2. The average molecular weight is 414 g/mol. The van der Waals surface area contributed by atoms with E-state index in [1.807, 2.05) is 0 Å². The summed E-state index contributed by atoms with van der Waals surface area (Å²) >= 11 is 0. The van der Waals surface area contributed by atoms with Crippen LogP contribution in [0.4, 0.5) is 26.3 Å². The molecule has 0 aliphatic carbocycles. The zero-order chi connectivity index (χ0) is 21.2. The van der Waals surface area contributed by atoms with Crippen molar-refractivity contribution in [3.63, 3.8) is 0 Å². The minimum Gasteiger partial charge on any atom is -0.406 e. The van der Waals surface area contributed by atoms with E-state index in [1.165, 1.54) is 24.3 Å². The Labute approximate surface area is 160 Å². The topological polar surface area (TPSA) is 44.2 Å². The third-order valence-corrected chi connectivity index (χ3v) is 3.58. The summed E-state index contributed by atoms with van der Waals surface area (Å²) in [6.07, 6.45) is -9.58. The lowest BCUT2D eigenvalue weighted by molar-refractivity contribution is -0.275. The normalized spacial score (nSPS) is 12.0. The molecule has 3 aromatic rings. The highest BCUT2D eigenvalue weighted by Crippen LogP contribution is 2.29. The van der Waals surface area contributed by atoms with Gasteiger partial charge in [0.05, 0.1) is 5.69 Å². The first-order chi connectivity index (χ1) is 13.5. The van der Waals surface area contributed by atoms with E-state index in [0.29, 0.717) is 22.5 Å². The number of hydrogen-bond acceptors (Lipinski definition) is 4. The van der Waals surface area contributed by atoms with Crippen molar-refractivity contribution in [3.05, 3.63) is 60.3 Å². The number of halogens is 6. The van der Waals surface area contributed by atoms with Crippen molar-refractivity contribution in [2.75, 3.05) is 0 Å². The van der Waals surface area contributed by atoms with Crippen LogP contribution in [0.5, 0.6) is 11.5 Å². The molecule has 0 aliphatic rings. The first kappa shape index (κ1) is 20.4.